The van der Waals surface area contributed by atoms with Crippen LogP contribution in [0.25, 0.3) is 0 Å². The van der Waals surface area contributed by atoms with E-state index in [1.165, 1.54) is 25.7 Å². The number of nitrogens with one attached hydrogen (secondary N) is 1. The Morgan fingerprint density at radius 2 is 2.15 bits per heavy atom. The predicted molar refractivity (Wildman–Crippen MR) is 57.7 cm³/mol. The topological polar surface area (TPSA) is 38.0 Å². The zero-order valence-corrected chi connectivity index (χ0v) is 9.10. The van der Waals surface area contributed by atoms with Crippen LogP contribution in [0.4, 0.5) is 0 Å². The predicted octanol–water partition coefficient (Wildman–Crippen LogP) is 1.89. The largest absolute Gasteiger partial charge is 0.329 e. The molecule has 1 rings (SSSR count). The van der Waals surface area contributed by atoms with Crippen molar-refractivity contribution in [1.29, 1.82) is 0 Å². The lowest BCUT2D eigenvalue weighted by molar-refractivity contribution is 0.268. The highest BCUT2D eigenvalue weighted by Crippen LogP contribution is 2.28. The molecule has 0 spiro atoms. The minimum atomic E-state index is 0.170. The fraction of sp³-hybridized carbons (Fsp3) is 1.00. The van der Waals surface area contributed by atoms with E-state index in [4.69, 9.17) is 5.73 Å². The Labute approximate surface area is 82.3 Å². The van der Waals surface area contributed by atoms with Gasteiger partial charge in [-0.05, 0) is 32.2 Å². The maximum absolute atomic E-state index is 5.72. The van der Waals surface area contributed by atoms with Gasteiger partial charge in [-0.15, -0.1) is 0 Å². The molecule has 0 aliphatic heterocycles. The third-order valence-corrected chi connectivity index (χ3v) is 3.56. The van der Waals surface area contributed by atoms with E-state index in [1.807, 2.05) is 0 Å². The van der Waals surface area contributed by atoms with Crippen molar-refractivity contribution in [1.82, 2.24) is 5.32 Å². The SMILES string of the molecule is CCC(C)(CN)NCCC1CCC1. The summed E-state index contributed by atoms with van der Waals surface area (Å²) in [7, 11) is 0. The summed E-state index contributed by atoms with van der Waals surface area (Å²) in [5, 5.41) is 3.57. The van der Waals surface area contributed by atoms with Crippen molar-refractivity contribution in [3.63, 3.8) is 0 Å². The molecule has 0 amide bonds. The summed E-state index contributed by atoms with van der Waals surface area (Å²) in [6.07, 6.45) is 6.82. The highest BCUT2D eigenvalue weighted by atomic mass is 15.0. The van der Waals surface area contributed by atoms with Gasteiger partial charge in [0.2, 0.25) is 0 Å². The second kappa shape index (κ2) is 4.97. The lowest BCUT2D eigenvalue weighted by atomic mass is 9.83. The van der Waals surface area contributed by atoms with Crippen LogP contribution in [0.2, 0.25) is 0 Å². The van der Waals surface area contributed by atoms with Crippen LogP contribution < -0.4 is 11.1 Å². The minimum absolute atomic E-state index is 0.170. The summed E-state index contributed by atoms with van der Waals surface area (Å²) in [4.78, 5) is 0. The van der Waals surface area contributed by atoms with Crippen LogP contribution in [-0.2, 0) is 0 Å². The first-order valence-corrected chi connectivity index (χ1v) is 5.65. The van der Waals surface area contributed by atoms with Gasteiger partial charge < -0.3 is 11.1 Å². The Hall–Kier alpha value is -0.0800. The van der Waals surface area contributed by atoms with Gasteiger partial charge in [0.15, 0.2) is 0 Å². The molecule has 1 fully saturated rings. The Morgan fingerprint density at radius 3 is 2.54 bits per heavy atom. The van der Waals surface area contributed by atoms with Crippen LogP contribution in [0.3, 0.4) is 0 Å². The maximum atomic E-state index is 5.72. The summed E-state index contributed by atoms with van der Waals surface area (Å²) in [5.41, 5.74) is 5.89. The van der Waals surface area contributed by atoms with E-state index in [0.29, 0.717) is 0 Å². The van der Waals surface area contributed by atoms with Gasteiger partial charge in [-0.25, -0.2) is 0 Å². The molecule has 1 unspecified atom stereocenters. The summed E-state index contributed by atoms with van der Waals surface area (Å²) >= 11 is 0. The Kier molecular flexibility index (Phi) is 4.20. The molecule has 78 valence electrons. The van der Waals surface area contributed by atoms with Crippen LogP contribution >= 0.6 is 0 Å². The van der Waals surface area contributed by atoms with Gasteiger partial charge in [0.25, 0.3) is 0 Å². The Balaban J connectivity index is 2.08. The molecule has 0 aromatic carbocycles. The number of hydrogen-bond donors (Lipinski definition) is 2. The van der Waals surface area contributed by atoms with Crippen molar-refractivity contribution in [3.05, 3.63) is 0 Å². The second-order valence-electron chi connectivity index (χ2n) is 4.63. The molecule has 0 saturated heterocycles. The molecule has 2 heteroatoms. The average Bonchev–Trinajstić information content (AvgIpc) is 2.09. The molecule has 1 aliphatic rings. The van der Waals surface area contributed by atoms with Gasteiger partial charge in [-0.1, -0.05) is 26.2 Å². The van der Waals surface area contributed by atoms with Crippen molar-refractivity contribution >= 4 is 0 Å². The van der Waals surface area contributed by atoms with Gasteiger partial charge in [0.1, 0.15) is 0 Å². The molecule has 0 bridgehead atoms. The first-order valence-electron chi connectivity index (χ1n) is 5.65. The quantitative estimate of drug-likeness (QED) is 0.661. The molecule has 0 radical (unpaired) electrons. The van der Waals surface area contributed by atoms with Gasteiger partial charge in [0.05, 0.1) is 0 Å². The van der Waals surface area contributed by atoms with Gasteiger partial charge >= 0.3 is 0 Å². The zero-order valence-electron chi connectivity index (χ0n) is 9.10. The average molecular weight is 184 g/mol. The first kappa shape index (κ1) is 11.0. The number of nitrogens with two attached hydrogens (primary N) is 1. The van der Waals surface area contributed by atoms with E-state index >= 15 is 0 Å². The van der Waals surface area contributed by atoms with Crippen LogP contribution in [0.1, 0.15) is 46.0 Å². The van der Waals surface area contributed by atoms with E-state index in [-0.39, 0.29) is 5.54 Å². The van der Waals surface area contributed by atoms with Crippen LogP contribution in [0.15, 0.2) is 0 Å². The number of hydrogen-bond acceptors (Lipinski definition) is 2. The molecule has 0 aromatic heterocycles. The van der Waals surface area contributed by atoms with E-state index in [1.54, 1.807) is 0 Å². The third kappa shape index (κ3) is 3.28. The normalized spacial score (nSPS) is 22.4. The van der Waals surface area contributed by atoms with Crippen molar-refractivity contribution in [2.45, 2.75) is 51.5 Å². The van der Waals surface area contributed by atoms with Gasteiger partial charge in [-0.3, -0.25) is 0 Å². The summed E-state index contributed by atoms with van der Waals surface area (Å²) < 4.78 is 0. The molecule has 1 atom stereocenters. The molecule has 1 aliphatic carbocycles. The summed E-state index contributed by atoms with van der Waals surface area (Å²) in [6.45, 7) is 6.30. The molecule has 0 heterocycles. The standard InChI is InChI=1S/C11H24N2/c1-3-11(2,9-12)13-8-7-10-5-4-6-10/h10,13H,3-9,12H2,1-2H3. The Bertz CT molecular complexity index is 137. The third-order valence-electron chi connectivity index (χ3n) is 3.56. The van der Waals surface area contributed by atoms with Crippen molar-refractivity contribution in [3.8, 4) is 0 Å². The summed E-state index contributed by atoms with van der Waals surface area (Å²) in [5.74, 6) is 1.01. The lowest BCUT2D eigenvalue weighted by Crippen LogP contribution is -2.48. The second-order valence-corrected chi connectivity index (χ2v) is 4.63. The van der Waals surface area contributed by atoms with Crippen molar-refractivity contribution < 1.29 is 0 Å². The molecular formula is C11H24N2. The zero-order chi connectivity index (χ0) is 9.73. The molecule has 2 nitrogen and oxygen atoms in total. The van der Waals surface area contributed by atoms with Crippen LogP contribution in [0, 0.1) is 5.92 Å². The molecule has 13 heavy (non-hydrogen) atoms. The van der Waals surface area contributed by atoms with E-state index in [0.717, 1.165) is 25.4 Å². The lowest BCUT2D eigenvalue weighted by Gasteiger charge is -2.31. The van der Waals surface area contributed by atoms with Crippen LogP contribution in [-0.4, -0.2) is 18.6 Å². The van der Waals surface area contributed by atoms with E-state index in [9.17, 15) is 0 Å². The van der Waals surface area contributed by atoms with Crippen LogP contribution in [0.5, 0.6) is 0 Å². The molecule has 0 aromatic rings. The van der Waals surface area contributed by atoms with Crippen molar-refractivity contribution in [2.75, 3.05) is 13.1 Å². The van der Waals surface area contributed by atoms with Crippen molar-refractivity contribution in [2.24, 2.45) is 11.7 Å². The first-order chi connectivity index (χ1) is 6.20. The Morgan fingerprint density at radius 1 is 1.46 bits per heavy atom. The minimum Gasteiger partial charge on any atom is -0.329 e. The highest BCUT2D eigenvalue weighted by molar-refractivity contribution is 4.83. The molecular weight excluding hydrogens is 160 g/mol. The maximum Gasteiger partial charge on any atom is 0.0273 e. The fourth-order valence-corrected chi connectivity index (χ4v) is 1.70. The highest BCUT2D eigenvalue weighted by Gasteiger charge is 2.21. The summed E-state index contributed by atoms with van der Waals surface area (Å²) in [6, 6.07) is 0. The fourth-order valence-electron chi connectivity index (χ4n) is 1.70. The molecule has 3 N–H and O–H groups in total. The van der Waals surface area contributed by atoms with Gasteiger partial charge in [-0.2, -0.15) is 0 Å². The van der Waals surface area contributed by atoms with E-state index < -0.39 is 0 Å². The number of rotatable bonds is 6. The smallest absolute Gasteiger partial charge is 0.0273 e. The van der Waals surface area contributed by atoms with Gasteiger partial charge in [0, 0.05) is 12.1 Å². The molecule has 1 saturated carbocycles. The van der Waals surface area contributed by atoms with E-state index in [2.05, 4.69) is 19.2 Å². The monoisotopic (exact) mass is 184 g/mol.